The van der Waals surface area contributed by atoms with Gasteiger partial charge in [0.1, 0.15) is 18.0 Å². The number of amides is 2. The third-order valence-electron chi connectivity index (χ3n) is 7.09. The third-order valence-corrected chi connectivity index (χ3v) is 7.09. The maximum atomic E-state index is 15.7. The molecule has 2 N–H and O–H groups in total. The number of nitrogens with one attached hydrogen (secondary N) is 2. The lowest BCUT2D eigenvalue weighted by Crippen LogP contribution is -2.60. The van der Waals surface area contributed by atoms with Gasteiger partial charge in [0.15, 0.2) is 6.04 Å². The molecule has 2 heterocycles. The van der Waals surface area contributed by atoms with E-state index >= 15 is 8.78 Å². The molecule has 9 heteroatoms. The molecule has 0 radical (unpaired) electrons. The number of hydrogen-bond acceptors (Lipinski definition) is 5. The number of halogens is 2. The number of likely N-dealkylation sites (N-methyl/N-ethyl adjacent to an activating group) is 1. The van der Waals surface area contributed by atoms with E-state index in [0.29, 0.717) is 25.2 Å². The summed E-state index contributed by atoms with van der Waals surface area (Å²) in [5, 5.41) is 5.46. The average molecular weight is 530 g/mol. The molecule has 2 amide bonds. The van der Waals surface area contributed by atoms with Crippen molar-refractivity contribution in [3.05, 3.63) is 65.7 Å². The molecule has 2 fully saturated rings. The highest BCUT2D eigenvalue weighted by Crippen LogP contribution is 2.40. The molecule has 7 nitrogen and oxygen atoms in total. The summed E-state index contributed by atoms with van der Waals surface area (Å²) in [6.45, 7) is 5.71. The van der Waals surface area contributed by atoms with E-state index < -0.39 is 29.6 Å². The largest absolute Gasteiger partial charge is 0.489 e. The van der Waals surface area contributed by atoms with Gasteiger partial charge in [-0.1, -0.05) is 30.3 Å². The molecule has 0 saturated carbocycles. The van der Waals surface area contributed by atoms with Crippen molar-refractivity contribution in [3.8, 4) is 5.75 Å². The van der Waals surface area contributed by atoms with E-state index in [0.717, 1.165) is 18.4 Å². The van der Waals surface area contributed by atoms with Gasteiger partial charge in [0.05, 0.1) is 0 Å². The Labute approximate surface area is 222 Å². The van der Waals surface area contributed by atoms with Crippen molar-refractivity contribution in [1.82, 2.24) is 15.5 Å². The molecule has 0 aliphatic carbocycles. The van der Waals surface area contributed by atoms with Crippen molar-refractivity contribution < 1.29 is 27.8 Å². The maximum absolute atomic E-state index is 15.7. The number of piperidine rings is 1. The zero-order valence-electron chi connectivity index (χ0n) is 22.4. The molecular weight excluding hydrogens is 492 g/mol. The molecule has 2 aliphatic heterocycles. The van der Waals surface area contributed by atoms with Crippen LogP contribution in [0.4, 0.5) is 13.6 Å². The van der Waals surface area contributed by atoms with E-state index in [4.69, 9.17) is 9.47 Å². The van der Waals surface area contributed by atoms with Crippen LogP contribution in [0.25, 0.3) is 0 Å². The fraction of sp³-hybridized carbons (Fsp3) is 0.517. The minimum atomic E-state index is -3.44. The molecule has 2 aliphatic rings. The van der Waals surface area contributed by atoms with Gasteiger partial charge in [0, 0.05) is 23.7 Å². The number of alkyl halides is 2. The zero-order chi connectivity index (χ0) is 27.5. The number of carbonyl (C=O) groups is 2. The van der Waals surface area contributed by atoms with E-state index in [2.05, 4.69) is 10.6 Å². The first-order valence-corrected chi connectivity index (χ1v) is 13.1. The lowest BCUT2D eigenvalue weighted by atomic mass is 9.94. The van der Waals surface area contributed by atoms with Crippen molar-refractivity contribution in [2.45, 2.75) is 88.8 Å². The van der Waals surface area contributed by atoms with E-state index in [1.165, 1.54) is 31.3 Å². The van der Waals surface area contributed by atoms with Gasteiger partial charge in [0.25, 0.3) is 5.92 Å². The molecule has 0 aromatic heterocycles. The summed E-state index contributed by atoms with van der Waals surface area (Å²) >= 11 is 0. The molecule has 2 aromatic carbocycles. The highest BCUT2D eigenvalue weighted by molar-refractivity contribution is 5.84. The monoisotopic (exact) mass is 529 g/mol. The predicted octanol–water partition coefficient (Wildman–Crippen LogP) is 4.99. The lowest BCUT2D eigenvalue weighted by molar-refractivity contribution is -0.150. The zero-order valence-corrected chi connectivity index (χ0v) is 22.4. The topological polar surface area (TPSA) is 79.9 Å². The molecule has 0 spiro atoms. The molecule has 206 valence electrons. The lowest BCUT2D eigenvalue weighted by Gasteiger charge is -2.41. The van der Waals surface area contributed by atoms with Crippen LogP contribution in [0.5, 0.6) is 5.75 Å². The van der Waals surface area contributed by atoms with Crippen molar-refractivity contribution in [1.29, 1.82) is 0 Å². The number of rotatable bonds is 8. The van der Waals surface area contributed by atoms with E-state index in [-0.39, 0.29) is 23.7 Å². The van der Waals surface area contributed by atoms with Gasteiger partial charge in [-0.25, -0.2) is 4.79 Å². The summed E-state index contributed by atoms with van der Waals surface area (Å²) in [7, 11) is 1.38. The Hall–Kier alpha value is -3.20. The van der Waals surface area contributed by atoms with Crippen LogP contribution < -0.4 is 15.4 Å². The normalized spacial score (nSPS) is 22.1. The number of benzene rings is 2. The fourth-order valence-electron chi connectivity index (χ4n) is 5.42. The summed E-state index contributed by atoms with van der Waals surface area (Å²) < 4.78 is 42.4. The number of alkyl carbamates (subject to hydrolysis) is 1. The Morgan fingerprint density at radius 2 is 1.61 bits per heavy atom. The molecular formula is C29H37F2N3O4. The van der Waals surface area contributed by atoms with Crippen LogP contribution in [-0.4, -0.2) is 53.7 Å². The van der Waals surface area contributed by atoms with Crippen molar-refractivity contribution in [2.75, 3.05) is 7.05 Å². The second-order valence-corrected chi connectivity index (χ2v) is 11.1. The highest BCUT2D eigenvalue weighted by Gasteiger charge is 2.52. The number of hydrogen-bond donors (Lipinski definition) is 2. The van der Waals surface area contributed by atoms with Crippen LogP contribution in [0.1, 0.15) is 57.6 Å². The second-order valence-electron chi connectivity index (χ2n) is 11.1. The maximum Gasteiger partial charge on any atom is 0.407 e. The Bertz CT molecular complexity index is 1090. The van der Waals surface area contributed by atoms with Gasteiger partial charge in [-0.15, -0.1) is 0 Å². The fourth-order valence-corrected chi connectivity index (χ4v) is 5.42. The Balaban J connectivity index is 1.40. The smallest absolute Gasteiger partial charge is 0.407 e. The summed E-state index contributed by atoms with van der Waals surface area (Å²) in [5.74, 6) is -3.59. The molecule has 4 rings (SSSR count). The number of carbonyl (C=O) groups excluding carboxylic acids is 2. The second kappa shape index (κ2) is 11.3. The molecule has 3 unspecified atom stereocenters. The van der Waals surface area contributed by atoms with Crippen molar-refractivity contribution >= 4 is 12.0 Å². The van der Waals surface area contributed by atoms with Crippen LogP contribution in [0.15, 0.2) is 54.6 Å². The highest BCUT2D eigenvalue weighted by atomic mass is 19.3. The predicted molar refractivity (Wildman–Crippen MR) is 140 cm³/mol. The number of nitrogens with zero attached hydrogens (tertiary/aromatic N) is 1. The van der Waals surface area contributed by atoms with Crippen LogP contribution in [0, 0.1) is 0 Å². The SMILES string of the molecule is CNC(C(=O)N1C2CCC1CC(NC(=O)OC(C)(C)C)C2)C(F)(F)c1ccc(OCc2ccccc2)cc1. The van der Waals surface area contributed by atoms with Crippen LogP contribution in [-0.2, 0) is 22.1 Å². The average Bonchev–Trinajstić information content (AvgIpc) is 3.13. The minimum Gasteiger partial charge on any atom is -0.489 e. The first kappa shape index (κ1) is 27.8. The quantitative estimate of drug-likeness (QED) is 0.504. The summed E-state index contributed by atoms with van der Waals surface area (Å²) in [4.78, 5) is 27.3. The van der Waals surface area contributed by atoms with Gasteiger partial charge in [-0.2, -0.15) is 8.78 Å². The molecule has 38 heavy (non-hydrogen) atoms. The molecule has 3 atom stereocenters. The van der Waals surface area contributed by atoms with Crippen LogP contribution >= 0.6 is 0 Å². The summed E-state index contributed by atoms with van der Waals surface area (Å²) in [6, 6.07) is 12.9. The van der Waals surface area contributed by atoms with Crippen LogP contribution in [0.3, 0.4) is 0 Å². The van der Waals surface area contributed by atoms with Crippen LogP contribution in [0.2, 0.25) is 0 Å². The molecule has 2 bridgehead atoms. The third kappa shape index (κ3) is 6.43. The van der Waals surface area contributed by atoms with Gasteiger partial charge in [0.2, 0.25) is 5.91 Å². The number of fused-ring (bicyclic) bond motifs is 2. The first-order valence-electron chi connectivity index (χ1n) is 13.1. The van der Waals surface area contributed by atoms with Crippen molar-refractivity contribution in [2.24, 2.45) is 0 Å². The number of ether oxygens (including phenoxy) is 2. The first-order chi connectivity index (χ1) is 18.0. The molecule has 2 saturated heterocycles. The Morgan fingerprint density at radius 1 is 1.00 bits per heavy atom. The summed E-state index contributed by atoms with van der Waals surface area (Å²) in [5.41, 5.74) is 0.103. The Morgan fingerprint density at radius 3 is 2.16 bits per heavy atom. The van der Waals surface area contributed by atoms with E-state index in [1.807, 2.05) is 30.3 Å². The van der Waals surface area contributed by atoms with Gasteiger partial charge in [-0.3, -0.25) is 4.79 Å². The van der Waals surface area contributed by atoms with Gasteiger partial charge in [-0.05, 0) is 83.3 Å². The van der Waals surface area contributed by atoms with Gasteiger partial charge < -0.3 is 25.0 Å². The summed E-state index contributed by atoms with van der Waals surface area (Å²) in [6.07, 6.45) is 1.96. The van der Waals surface area contributed by atoms with Crippen molar-refractivity contribution in [3.63, 3.8) is 0 Å². The Kier molecular flexibility index (Phi) is 8.25. The standard InChI is InChI=1S/C29H37F2N3O4/c1-28(2,3)38-27(36)33-21-16-22-12-13-23(17-21)34(22)26(35)25(32-4)29(30,31)20-10-14-24(15-11-20)37-18-19-8-6-5-7-9-19/h5-11,14-15,21-23,25,32H,12-13,16-18H2,1-4H3,(H,33,36). The van der Waals surface area contributed by atoms with E-state index in [1.54, 1.807) is 25.7 Å². The molecule has 2 aromatic rings. The van der Waals surface area contributed by atoms with Gasteiger partial charge >= 0.3 is 6.09 Å². The minimum absolute atomic E-state index is 0.164. The van der Waals surface area contributed by atoms with E-state index in [9.17, 15) is 9.59 Å².